The van der Waals surface area contributed by atoms with E-state index < -0.39 is 4.92 Å². The summed E-state index contributed by atoms with van der Waals surface area (Å²) in [5.74, 6) is 0.627. The van der Waals surface area contributed by atoms with Gasteiger partial charge in [-0.3, -0.25) is 19.5 Å². The molecule has 0 saturated heterocycles. The molecule has 0 aliphatic heterocycles. The van der Waals surface area contributed by atoms with Crippen LogP contribution in [0.25, 0.3) is 11.4 Å². The summed E-state index contributed by atoms with van der Waals surface area (Å²) in [7, 11) is 0. The number of nitrogens with zero attached hydrogens (tertiary/aromatic N) is 4. The number of benzene rings is 1. The number of nitrogens with one attached hydrogen (secondary N) is 1. The number of nitro groups is 1. The van der Waals surface area contributed by atoms with Gasteiger partial charge >= 0.3 is 0 Å². The molecule has 1 amide bonds. The maximum Gasteiger partial charge on any atom is 0.269 e. The van der Waals surface area contributed by atoms with E-state index in [0.717, 1.165) is 0 Å². The average Bonchev–Trinajstić information content (AvgIpc) is 3.01. The van der Waals surface area contributed by atoms with Crippen LogP contribution in [0.1, 0.15) is 0 Å². The van der Waals surface area contributed by atoms with E-state index in [4.69, 9.17) is 0 Å². The lowest BCUT2D eigenvalue weighted by molar-refractivity contribution is -0.384. The van der Waals surface area contributed by atoms with Crippen molar-refractivity contribution in [1.29, 1.82) is 0 Å². The van der Waals surface area contributed by atoms with Crippen molar-refractivity contribution in [1.82, 2.24) is 20.1 Å². The fraction of sp³-hybridized carbons (Fsp3) is 0.188. The van der Waals surface area contributed by atoms with Crippen LogP contribution in [0.15, 0.2) is 54.7 Å². The molecule has 1 heterocycles. The quantitative estimate of drug-likeness (QED) is 0.319. The van der Waals surface area contributed by atoms with Gasteiger partial charge in [0.25, 0.3) is 5.69 Å². The van der Waals surface area contributed by atoms with Crippen molar-refractivity contribution >= 4 is 23.4 Å². The van der Waals surface area contributed by atoms with Crippen molar-refractivity contribution in [3.05, 3.63) is 59.7 Å². The lowest BCUT2D eigenvalue weighted by Crippen LogP contribution is -2.25. The molecule has 1 aromatic heterocycles. The third kappa shape index (κ3) is 4.77. The van der Waals surface area contributed by atoms with Gasteiger partial charge in [0.05, 0.1) is 10.7 Å². The van der Waals surface area contributed by atoms with Crippen LogP contribution in [0.5, 0.6) is 0 Å². The highest BCUT2D eigenvalue weighted by atomic mass is 32.2. The zero-order valence-corrected chi connectivity index (χ0v) is 14.2. The van der Waals surface area contributed by atoms with Crippen LogP contribution in [0.3, 0.4) is 0 Å². The average molecular weight is 359 g/mol. The fourth-order valence-electron chi connectivity index (χ4n) is 2.00. The Kier molecular flexibility index (Phi) is 6.47. The van der Waals surface area contributed by atoms with Crippen molar-refractivity contribution in [3.8, 4) is 11.4 Å². The van der Waals surface area contributed by atoms with E-state index in [1.807, 2.05) is 0 Å². The summed E-state index contributed by atoms with van der Waals surface area (Å²) < 4.78 is 1.81. The van der Waals surface area contributed by atoms with Gasteiger partial charge in [0.15, 0.2) is 11.0 Å². The maximum absolute atomic E-state index is 11.7. The lowest BCUT2D eigenvalue weighted by Gasteiger charge is -2.07. The molecule has 0 atom stereocenters. The molecule has 9 heteroatoms. The second-order valence-corrected chi connectivity index (χ2v) is 5.83. The Bertz CT molecular complexity index is 786. The Hall–Kier alpha value is -2.94. The minimum atomic E-state index is -0.457. The van der Waals surface area contributed by atoms with Crippen molar-refractivity contribution in [2.24, 2.45) is 0 Å². The maximum atomic E-state index is 11.7. The molecule has 0 aliphatic carbocycles. The summed E-state index contributed by atoms with van der Waals surface area (Å²) in [6.07, 6.45) is 3.30. The van der Waals surface area contributed by atoms with E-state index >= 15 is 0 Å². The van der Waals surface area contributed by atoms with Gasteiger partial charge in [0.1, 0.15) is 0 Å². The molecule has 130 valence electrons. The molecule has 0 unspecified atom stereocenters. The third-order valence-corrected chi connectivity index (χ3v) is 4.11. The van der Waals surface area contributed by atoms with Crippen LogP contribution >= 0.6 is 11.8 Å². The summed E-state index contributed by atoms with van der Waals surface area (Å²) in [4.78, 5) is 22.0. The summed E-state index contributed by atoms with van der Waals surface area (Å²) in [5.41, 5.74) is 0.704. The molecule has 2 aromatic rings. The van der Waals surface area contributed by atoms with E-state index in [9.17, 15) is 14.9 Å². The zero-order valence-electron chi connectivity index (χ0n) is 13.4. The molecular weight excluding hydrogens is 342 g/mol. The van der Waals surface area contributed by atoms with Gasteiger partial charge in [-0.2, -0.15) is 0 Å². The third-order valence-electron chi connectivity index (χ3n) is 3.14. The number of carbonyl (C=O) groups is 1. The molecule has 0 aliphatic rings. The highest BCUT2D eigenvalue weighted by molar-refractivity contribution is 7.99. The Morgan fingerprint density at radius 3 is 2.60 bits per heavy atom. The lowest BCUT2D eigenvalue weighted by atomic mass is 10.2. The summed E-state index contributed by atoms with van der Waals surface area (Å²) in [6, 6.07) is 6.07. The van der Waals surface area contributed by atoms with Crippen LogP contribution in [-0.4, -0.2) is 37.9 Å². The molecular formula is C16H17N5O3S. The highest BCUT2D eigenvalue weighted by Gasteiger charge is 2.15. The van der Waals surface area contributed by atoms with Gasteiger partial charge in [-0.25, -0.2) is 0 Å². The van der Waals surface area contributed by atoms with Crippen molar-refractivity contribution in [3.63, 3.8) is 0 Å². The highest BCUT2D eigenvalue weighted by Crippen LogP contribution is 2.25. The van der Waals surface area contributed by atoms with Crippen molar-refractivity contribution in [2.75, 3.05) is 12.3 Å². The first-order chi connectivity index (χ1) is 12.1. The Morgan fingerprint density at radius 1 is 1.28 bits per heavy atom. The summed E-state index contributed by atoms with van der Waals surface area (Å²) >= 11 is 1.26. The smallest absolute Gasteiger partial charge is 0.269 e. The second kappa shape index (κ2) is 8.78. The number of thioether (sulfide) groups is 1. The molecule has 1 aromatic carbocycles. The van der Waals surface area contributed by atoms with Gasteiger partial charge in [-0.05, 0) is 12.1 Å². The number of hydrogen-bond donors (Lipinski definition) is 1. The molecule has 8 nitrogen and oxygen atoms in total. The van der Waals surface area contributed by atoms with E-state index in [-0.39, 0.29) is 17.3 Å². The van der Waals surface area contributed by atoms with Crippen LogP contribution in [0.2, 0.25) is 0 Å². The number of non-ortho nitro benzene ring substituents is 1. The SMILES string of the molecule is C=CCNC(=O)CSc1nnc(-c2ccc([N+](=O)[O-])cc2)n1CC=C. The second-order valence-electron chi connectivity index (χ2n) is 4.89. The van der Waals surface area contributed by atoms with E-state index in [0.29, 0.717) is 29.6 Å². The molecule has 0 saturated carbocycles. The number of amides is 1. The molecule has 0 bridgehead atoms. The van der Waals surface area contributed by atoms with Gasteiger partial charge < -0.3 is 5.32 Å². The summed E-state index contributed by atoms with van der Waals surface area (Å²) in [5, 5.41) is 22.3. The van der Waals surface area contributed by atoms with E-state index in [2.05, 4.69) is 28.7 Å². The minimum absolute atomic E-state index is 0.00650. The van der Waals surface area contributed by atoms with Gasteiger partial charge in [-0.1, -0.05) is 23.9 Å². The van der Waals surface area contributed by atoms with Crippen molar-refractivity contribution < 1.29 is 9.72 Å². The van der Waals surface area contributed by atoms with Crippen LogP contribution in [0, 0.1) is 10.1 Å². The molecule has 1 N–H and O–H groups in total. The Balaban J connectivity index is 2.20. The van der Waals surface area contributed by atoms with Crippen LogP contribution in [0.4, 0.5) is 5.69 Å². The standard InChI is InChI=1S/C16H17N5O3S/c1-3-9-17-14(22)11-25-16-19-18-15(20(16)10-4-2)12-5-7-13(8-6-12)21(23)24/h3-8H,1-2,9-11H2,(H,17,22). The molecule has 0 radical (unpaired) electrons. The number of aromatic nitrogens is 3. The number of carbonyl (C=O) groups excluding carboxylic acids is 1. The molecule has 2 rings (SSSR count). The normalized spacial score (nSPS) is 10.2. The monoisotopic (exact) mass is 359 g/mol. The van der Waals surface area contributed by atoms with Crippen molar-refractivity contribution in [2.45, 2.75) is 11.7 Å². The predicted octanol–water partition coefficient (Wildman–Crippen LogP) is 2.43. The van der Waals surface area contributed by atoms with E-state index in [1.165, 1.54) is 23.9 Å². The number of nitro benzene ring substituents is 1. The first kappa shape index (κ1) is 18.4. The topological polar surface area (TPSA) is 103 Å². The molecule has 0 spiro atoms. The predicted molar refractivity (Wildman–Crippen MR) is 96.2 cm³/mol. The fourth-order valence-corrected chi connectivity index (χ4v) is 2.78. The largest absolute Gasteiger partial charge is 0.352 e. The minimum Gasteiger partial charge on any atom is -0.352 e. The van der Waals surface area contributed by atoms with Gasteiger partial charge in [-0.15, -0.1) is 23.4 Å². The number of hydrogen-bond acceptors (Lipinski definition) is 6. The molecule has 25 heavy (non-hydrogen) atoms. The first-order valence-corrected chi connectivity index (χ1v) is 8.34. The first-order valence-electron chi connectivity index (χ1n) is 7.36. The van der Waals surface area contributed by atoms with Gasteiger partial charge in [0.2, 0.25) is 5.91 Å². The van der Waals surface area contributed by atoms with Gasteiger partial charge in [0, 0.05) is 30.8 Å². The van der Waals surface area contributed by atoms with E-state index in [1.54, 1.807) is 28.9 Å². The Morgan fingerprint density at radius 2 is 2.00 bits per heavy atom. The number of allylic oxidation sites excluding steroid dienone is 1. The zero-order chi connectivity index (χ0) is 18.2. The van der Waals surface area contributed by atoms with Crippen LogP contribution < -0.4 is 5.32 Å². The van der Waals surface area contributed by atoms with Crippen LogP contribution in [-0.2, 0) is 11.3 Å². The number of rotatable bonds is 9. The summed E-state index contributed by atoms with van der Waals surface area (Å²) in [6.45, 7) is 8.13. The molecule has 0 fully saturated rings. The Labute approximate surface area is 148 Å².